The minimum absolute atomic E-state index is 0.0975. The van der Waals surface area contributed by atoms with E-state index in [-0.39, 0.29) is 26.1 Å². The molecule has 5 aromatic rings. The van der Waals surface area contributed by atoms with Crippen LogP contribution in [0.4, 0.5) is 0 Å². The van der Waals surface area contributed by atoms with Crippen LogP contribution in [-0.2, 0) is 43.2 Å². The number of rotatable bonds is 14. The molecule has 0 amide bonds. The summed E-state index contributed by atoms with van der Waals surface area (Å²) in [5, 5.41) is -0.266. The molecule has 6 rings (SSSR count). The summed E-state index contributed by atoms with van der Waals surface area (Å²) in [6, 6.07) is 51.3. The van der Waals surface area contributed by atoms with Crippen molar-refractivity contribution in [2.45, 2.75) is 62.3 Å². The molecule has 0 bridgehead atoms. The first-order valence-corrected chi connectivity index (χ1v) is 21.8. The third-order valence-electron chi connectivity index (χ3n) is 8.26. The zero-order valence-corrected chi connectivity index (χ0v) is 31.3. The van der Waals surface area contributed by atoms with Crippen LogP contribution in [0.3, 0.4) is 0 Å². The summed E-state index contributed by atoms with van der Waals surface area (Å²) in [5.41, 5.74) is 7.78. The van der Waals surface area contributed by atoms with Crippen LogP contribution in [0.2, 0.25) is 13.1 Å². The predicted molar refractivity (Wildman–Crippen MR) is 202 cm³/mol. The van der Waals surface area contributed by atoms with Crippen molar-refractivity contribution in [1.82, 2.24) is 0 Å². The van der Waals surface area contributed by atoms with Crippen molar-refractivity contribution >= 4 is 27.7 Å². The van der Waals surface area contributed by atoms with E-state index in [0.717, 1.165) is 22.3 Å². The van der Waals surface area contributed by atoms with Crippen LogP contribution in [-0.4, -0.2) is 59.3 Å². The van der Waals surface area contributed by atoms with Crippen molar-refractivity contribution in [3.8, 4) is 11.5 Å². The summed E-state index contributed by atoms with van der Waals surface area (Å²) in [5.74, 6) is 3.38. The Morgan fingerprint density at radius 3 is 1.62 bits per heavy atom. The van der Waals surface area contributed by atoms with Crippen LogP contribution < -0.4 is 4.46 Å². The number of hydrogen-bond donors (Lipinski definition) is 0. The van der Waals surface area contributed by atoms with Gasteiger partial charge in [0.2, 0.25) is 0 Å². The van der Waals surface area contributed by atoms with Crippen LogP contribution in [0.15, 0.2) is 152 Å². The van der Waals surface area contributed by atoms with Crippen molar-refractivity contribution < 1.29 is 23.4 Å². The van der Waals surface area contributed by atoms with E-state index in [0.29, 0.717) is 26.4 Å². The Morgan fingerprint density at radius 2 is 1.06 bits per heavy atom. The van der Waals surface area contributed by atoms with Crippen LogP contribution >= 0.6 is 0 Å². The normalized spacial score (nSPS) is 20.5. The van der Waals surface area contributed by atoms with Crippen molar-refractivity contribution in [3.63, 3.8) is 0 Å². The zero-order chi connectivity index (χ0) is 34.4. The van der Waals surface area contributed by atoms with Crippen LogP contribution in [0.5, 0.6) is 0 Å². The molecule has 5 aromatic carbocycles. The summed E-state index contributed by atoms with van der Waals surface area (Å²) in [7, 11) is -2.59. The van der Waals surface area contributed by atoms with Gasteiger partial charge in [-0.25, -0.2) is 0 Å². The van der Waals surface area contributed by atoms with E-state index in [4.69, 9.17) is 23.4 Å². The second-order valence-electron chi connectivity index (χ2n) is 12.7. The van der Waals surface area contributed by atoms with Gasteiger partial charge >= 0.3 is 305 Å². The molecular formula is C43H44O5SeSi. The molecule has 0 radical (unpaired) electrons. The molecule has 50 heavy (non-hydrogen) atoms. The Kier molecular flexibility index (Phi) is 13.3. The molecule has 0 aliphatic carbocycles. The van der Waals surface area contributed by atoms with Crippen molar-refractivity contribution in [1.29, 1.82) is 0 Å². The van der Waals surface area contributed by atoms with E-state index in [1.165, 1.54) is 4.46 Å². The van der Waals surface area contributed by atoms with Crippen molar-refractivity contribution in [2.24, 2.45) is 0 Å². The molecule has 0 spiro atoms. The Bertz CT molecular complexity index is 1770. The minimum atomic E-state index is -2.59. The Morgan fingerprint density at radius 1 is 0.580 bits per heavy atom. The molecule has 7 heteroatoms. The van der Waals surface area contributed by atoms with Gasteiger partial charge in [-0.1, -0.05) is 0 Å². The number of benzene rings is 5. The van der Waals surface area contributed by atoms with Gasteiger partial charge in [0.1, 0.15) is 0 Å². The van der Waals surface area contributed by atoms with Gasteiger partial charge in [0, 0.05) is 0 Å². The Hall–Kier alpha value is -3.80. The fourth-order valence-corrected chi connectivity index (χ4v) is 9.80. The SMILES string of the molecule is C[Si](C)(C#Cc1ccccc1)O[C@@H]1C([Se]c2ccccc2)O[C@H](COCc2ccccc2)[C@@H](OCc2ccccc2)[C@@H]1OCc1ccccc1. The predicted octanol–water partition coefficient (Wildman–Crippen LogP) is 7.31. The first kappa shape index (κ1) is 36.0. The third-order valence-corrected chi connectivity index (χ3v) is 12.3. The quantitative estimate of drug-likeness (QED) is 0.0882. The molecule has 5 nitrogen and oxygen atoms in total. The summed E-state index contributed by atoms with van der Waals surface area (Å²) in [4.78, 5) is 0. The third kappa shape index (κ3) is 10.8. The molecule has 5 atom stereocenters. The first-order chi connectivity index (χ1) is 24.5. The maximum absolute atomic E-state index is 7.20. The Balaban J connectivity index is 1.35. The number of hydrogen-bond acceptors (Lipinski definition) is 5. The van der Waals surface area contributed by atoms with Gasteiger partial charge < -0.3 is 0 Å². The summed E-state index contributed by atoms with van der Waals surface area (Å²) in [6.07, 6.45) is -1.72. The van der Waals surface area contributed by atoms with E-state index >= 15 is 0 Å². The second-order valence-corrected chi connectivity index (χ2v) is 18.7. The maximum atomic E-state index is 7.20. The molecule has 0 N–H and O–H groups in total. The van der Waals surface area contributed by atoms with Crippen LogP contribution in [0, 0.1) is 11.5 Å². The Labute approximate surface area is 304 Å². The van der Waals surface area contributed by atoms with Crippen molar-refractivity contribution in [3.05, 3.63) is 174 Å². The first-order valence-electron chi connectivity index (χ1n) is 17.1. The van der Waals surface area contributed by atoms with E-state index < -0.39 is 26.6 Å². The number of ether oxygens (including phenoxy) is 4. The fourth-order valence-electron chi connectivity index (χ4n) is 5.77. The molecule has 1 heterocycles. The molecule has 1 saturated heterocycles. The molecule has 1 fully saturated rings. The van der Waals surface area contributed by atoms with E-state index in [9.17, 15) is 0 Å². The zero-order valence-electron chi connectivity index (χ0n) is 28.6. The van der Waals surface area contributed by atoms with Gasteiger partial charge in [-0.05, 0) is 0 Å². The molecule has 1 aliphatic heterocycles. The summed E-state index contributed by atoms with van der Waals surface area (Å²) < 4.78 is 35.7. The molecule has 256 valence electrons. The molecule has 1 aliphatic rings. The molecular weight excluding hydrogens is 704 g/mol. The van der Waals surface area contributed by atoms with Gasteiger partial charge in [-0.2, -0.15) is 0 Å². The average molecular weight is 748 g/mol. The van der Waals surface area contributed by atoms with Crippen LogP contribution in [0.25, 0.3) is 0 Å². The monoisotopic (exact) mass is 748 g/mol. The van der Waals surface area contributed by atoms with Crippen LogP contribution in [0.1, 0.15) is 22.3 Å². The van der Waals surface area contributed by atoms with Crippen molar-refractivity contribution in [2.75, 3.05) is 6.61 Å². The topological polar surface area (TPSA) is 46.2 Å². The standard InChI is InChI=1S/C43H44O5SeSi/c1-50(2,29-28-34-18-8-3-9-19-34)48-42-41(46-32-37-24-14-6-15-25-37)40(45-31-36-22-12-5-13-23-36)39(33-44-30-35-20-10-4-11-21-35)47-43(42)49-38-26-16-7-17-27-38/h3-27,39-43H,30-33H2,1-2H3/t39-,40-,41+,42+,43?/m1/s1. The van der Waals surface area contributed by atoms with E-state index in [2.05, 4.69) is 85.2 Å². The average Bonchev–Trinajstić information content (AvgIpc) is 3.16. The summed E-state index contributed by atoms with van der Waals surface area (Å²) in [6.45, 7) is 5.95. The molecule has 0 saturated carbocycles. The summed E-state index contributed by atoms with van der Waals surface area (Å²) >= 11 is -0.0975. The second kappa shape index (κ2) is 18.4. The van der Waals surface area contributed by atoms with E-state index in [1.54, 1.807) is 0 Å². The van der Waals surface area contributed by atoms with Gasteiger partial charge in [0.05, 0.1) is 0 Å². The van der Waals surface area contributed by atoms with Gasteiger partial charge in [-0.3, -0.25) is 0 Å². The van der Waals surface area contributed by atoms with Gasteiger partial charge in [0.15, 0.2) is 0 Å². The van der Waals surface area contributed by atoms with E-state index in [1.807, 2.05) is 91.0 Å². The fraction of sp³-hybridized carbons (Fsp3) is 0.256. The molecule has 1 unspecified atom stereocenters. The van der Waals surface area contributed by atoms with Gasteiger partial charge in [0.25, 0.3) is 0 Å². The molecule has 0 aromatic heterocycles. The van der Waals surface area contributed by atoms with Gasteiger partial charge in [-0.15, -0.1) is 0 Å².